The summed E-state index contributed by atoms with van der Waals surface area (Å²) in [5, 5.41) is 0. The highest BCUT2D eigenvalue weighted by molar-refractivity contribution is 6.39. The molecule has 0 amide bonds. The Morgan fingerprint density at radius 1 is 1.29 bits per heavy atom. The van der Waals surface area contributed by atoms with Crippen LogP contribution in [0.5, 0.6) is 0 Å². The Morgan fingerprint density at radius 2 is 2.00 bits per heavy atom. The normalized spacial score (nSPS) is 19.9. The monoisotopic (exact) mass is 206 g/mol. The van der Waals surface area contributed by atoms with E-state index in [0.29, 0.717) is 5.88 Å². The van der Waals surface area contributed by atoms with Gasteiger partial charge in [0, 0.05) is 17.7 Å². The first-order valence-corrected chi connectivity index (χ1v) is 5.09. The molecule has 0 spiro atoms. The zero-order valence-electron chi connectivity index (χ0n) is 7.94. The number of nitrogens with zero attached hydrogens (tertiary/aromatic N) is 2. The summed E-state index contributed by atoms with van der Waals surface area (Å²) in [5.41, 5.74) is 3.18. The molecule has 1 heterocycles. The van der Waals surface area contributed by atoms with Crippen molar-refractivity contribution in [3.63, 3.8) is 0 Å². The van der Waals surface area contributed by atoms with E-state index in [2.05, 4.69) is 9.98 Å². The first-order valence-electron chi connectivity index (χ1n) is 4.56. The summed E-state index contributed by atoms with van der Waals surface area (Å²) in [5.74, 6) is 0.553. The van der Waals surface area contributed by atoms with Gasteiger partial charge in [0.15, 0.2) is 0 Å². The first kappa shape index (κ1) is 9.41. The quantitative estimate of drug-likeness (QED) is 0.665. The van der Waals surface area contributed by atoms with Gasteiger partial charge in [0.2, 0.25) is 0 Å². The lowest BCUT2D eigenvalue weighted by Gasteiger charge is -1.99. The average Bonchev–Trinajstić information content (AvgIpc) is 2.65. The van der Waals surface area contributed by atoms with Crippen LogP contribution in [0.1, 0.15) is 18.1 Å². The van der Waals surface area contributed by atoms with Gasteiger partial charge < -0.3 is 0 Å². The molecular formula is C11H11ClN2. The van der Waals surface area contributed by atoms with Crippen LogP contribution in [-0.4, -0.2) is 18.1 Å². The van der Waals surface area contributed by atoms with Crippen LogP contribution in [-0.2, 0) is 5.88 Å². The topological polar surface area (TPSA) is 24.7 Å². The van der Waals surface area contributed by atoms with Crippen molar-refractivity contribution in [1.82, 2.24) is 0 Å². The summed E-state index contributed by atoms with van der Waals surface area (Å²) in [7, 11) is 0. The van der Waals surface area contributed by atoms with Crippen molar-refractivity contribution < 1.29 is 0 Å². The Balaban J connectivity index is 2.26. The lowest BCUT2D eigenvalue weighted by Crippen LogP contribution is -1.99. The van der Waals surface area contributed by atoms with Crippen molar-refractivity contribution in [1.29, 1.82) is 0 Å². The summed E-state index contributed by atoms with van der Waals surface area (Å²) in [6.45, 7) is 1.97. The molecule has 2 nitrogen and oxygen atoms in total. The van der Waals surface area contributed by atoms with Crippen molar-refractivity contribution >= 4 is 23.5 Å². The van der Waals surface area contributed by atoms with Crippen LogP contribution in [0.4, 0.5) is 0 Å². The predicted octanol–water partition coefficient (Wildman–Crippen LogP) is 2.64. The van der Waals surface area contributed by atoms with Crippen LogP contribution in [0.15, 0.2) is 34.3 Å². The number of halogens is 1. The number of rotatable bonds is 2. The van der Waals surface area contributed by atoms with Gasteiger partial charge in [-0.15, -0.1) is 11.6 Å². The molecular weight excluding hydrogens is 196 g/mol. The fourth-order valence-corrected chi connectivity index (χ4v) is 1.54. The van der Waals surface area contributed by atoms with Gasteiger partial charge >= 0.3 is 0 Å². The van der Waals surface area contributed by atoms with Crippen LogP contribution >= 0.6 is 11.6 Å². The molecule has 0 aromatic heterocycles. The van der Waals surface area contributed by atoms with E-state index in [1.54, 1.807) is 0 Å². The van der Waals surface area contributed by atoms with E-state index in [0.717, 1.165) is 16.8 Å². The standard InChI is InChI=1S/C11H11ClN2/c1-8-13-7-11(14-8)10-4-2-9(6-12)3-5-10/h2-5,7-8H,6H2,1H3. The van der Waals surface area contributed by atoms with E-state index in [1.807, 2.05) is 37.4 Å². The van der Waals surface area contributed by atoms with E-state index < -0.39 is 0 Å². The number of hydrogen-bond donors (Lipinski definition) is 0. The van der Waals surface area contributed by atoms with Gasteiger partial charge in [-0.25, -0.2) is 0 Å². The van der Waals surface area contributed by atoms with Gasteiger partial charge in [-0.05, 0) is 12.5 Å². The SMILES string of the molecule is CC1N=CC(c2ccc(CCl)cc2)=N1. The van der Waals surface area contributed by atoms with Gasteiger partial charge in [-0.2, -0.15) is 0 Å². The molecule has 0 N–H and O–H groups in total. The highest BCUT2D eigenvalue weighted by Crippen LogP contribution is 2.11. The fraction of sp³-hybridized carbons (Fsp3) is 0.273. The molecule has 1 aromatic carbocycles. The van der Waals surface area contributed by atoms with Crippen molar-refractivity contribution in [3.05, 3.63) is 35.4 Å². The summed E-state index contributed by atoms with van der Waals surface area (Å²) in [4.78, 5) is 8.56. The van der Waals surface area contributed by atoms with Crippen molar-refractivity contribution in [2.24, 2.45) is 9.98 Å². The largest absolute Gasteiger partial charge is 0.265 e. The van der Waals surface area contributed by atoms with Gasteiger partial charge in [0.05, 0.1) is 5.71 Å². The number of alkyl halides is 1. The Morgan fingerprint density at radius 3 is 2.50 bits per heavy atom. The Hall–Kier alpha value is -1.15. The van der Waals surface area contributed by atoms with Crippen LogP contribution in [0.2, 0.25) is 0 Å². The van der Waals surface area contributed by atoms with Crippen LogP contribution in [0.3, 0.4) is 0 Å². The van der Waals surface area contributed by atoms with Crippen molar-refractivity contribution in [3.8, 4) is 0 Å². The second-order valence-electron chi connectivity index (χ2n) is 3.25. The molecule has 1 atom stereocenters. The molecule has 0 saturated heterocycles. The number of benzene rings is 1. The zero-order chi connectivity index (χ0) is 9.97. The second-order valence-corrected chi connectivity index (χ2v) is 3.52. The van der Waals surface area contributed by atoms with Gasteiger partial charge in [0.25, 0.3) is 0 Å². The molecule has 0 radical (unpaired) electrons. The molecule has 1 aliphatic rings. The maximum atomic E-state index is 5.71. The Labute approximate surface area is 88.3 Å². The second kappa shape index (κ2) is 3.93. The maximum absolute atomic E-state index is 5.71. The average molecular weight is 207 g/mol. The van der Waals surface area contributed by atoms with Crippen molar-refractivity contribution in [2.45, 2.75) is 19.0 Å². The van der Waals surface area contributed by atoms with Gasteiger partial charge in [-0.1, -0.05) is 24.3 Å². The molecule has 1 aliphatic heterocycles. The third-order valence-electron chi connectivity index (χ3n) is 2.14. The lowest BCUT2D eigenvalue weighted by molar-refractivity contribution is 0.816. The van der Waals surface area contributed by atoms with E-state index in [4.69, 9.17) is 11.6 Å². The molecule has 2 rings (SSSR count). The minimum absolute atomic E-state index is 0.0673. The minimum Gasteiger partial charge on any atom is -0.265 e. The van der Waals surface area contributed by atoms with Crippen LogP contribution < -0.4 is 0 Å². The smallest absolute Gasteiger partial charge is 0.137 e. The molecule has 1 aromatic rings. The van der Waals surface area contributed by atoms with Gasteiger partial charge in [0.1, 0.15) is 6.17 Å². The molecule has 0 bridgehead atoms. The summed E-state index contributed by atoms with van der Waals surface area (Å²) in [6, 6.07) is 8.09. The van der Waals surface area contributed by atoms with E-state index in [9.17, 15) is 0 Å². The summed E-state index contributed by atoms with van der Waals surface area (Å²) in [6.07, 6.45) is 1.89. The first-order chi connectivity index (χ1) is 6.79. The highest BCUT2D eigenvalue weighted by Gasteiger charge is 2.08. The fourth-order valence-electron chi connectivity index (χ4n) is 1.36. The third-order valence-corrected chi connectivity index (χ3v) is 2.45. The Kier molecular flexibility index (Phi) is 2.64. The van der Waals surface area contributed by atoms with Gasteiger partial charge in [-0.3, -0.25) is 9.98 Å². The molecule has 0 fully saturated rings. The molecule has 72 valence electrons. The Bertz CT molecular complexity index is 379. The molecule has 0 aliphatic carbocycles. The van der Waals surface area contributed by atoms with E-state index >= 15 is 0 Å². The highest BCUT2D eigenvalue weighted by atomic mass is 35.5. The molecule has 14 heavy (non-hydrogen) atoms. The number of aliphatic imine (C=N–C) groups is 2. The molecule has 0 saturated carbocycles. The number of hydrogen-bond acceptors (Lipinski definition) is 2. The van der Waals surface area contributed by atoms with Crippen LogP contribution in [0, 0.1) is 0 Å². The summed E-state index contributed by atoms with van der Waals surface area (Å²) < 4.78 is 0. The van der Waals surface area contributed by atoms with Crippen molar-refractivity contribution in [2.75, 3.05) is 0 Å². The lowest BCUT2D eigenvalue weighted by atomic mass is 10.1. The zero-order valence-corrected chi connectivity index (χ0v) is 8.70. The third kappa shape index (κ3) is 1.85. The van der Waals surface area contributed by atoms with Crippen LogP contribution in [0.25, 0.3) is 0 Å². The minimum atomic E-state index is 0.0673. The summed E-state index contributed by atoms with van der Waals surface area (Å²) >= 11 is 5.71. The molecule has 3 heteroatoms. The van der Waals surface area contributed by atoms with E-state index in [-0.39, 0.29) is 6.17 Å². The predicted molar refractivity (Wildman–Crippen MR) is 60.5 cm³/mol. The van der Waals surface area contributed by atoms with E-state index in [1.165, 1.54) is 0 Å². The maximum Gasteiger partial charge on any atom is 0.137 e. The molecule has 1 unspecified atom stereocenters.